The highest BCUT2D eigenvalue weighted by Crippen LogP contribution is 2.24. The minimum Gasteiger partial charge on any atom is -0.469 e. The van der Waals surface area contributed by atoms with Crippen LogP contribution in [0.2, 0.25) is 0 Å². The van der Waals surface area contributed by atoms with Gasteiger partial charge in [-0.05, 0) is 25.7 Å². The molecule has 2 atom stereocenters. The number of carbonyl (C=O) groups is 1. The van der Waals surface area contributed by atoms with Gasteiger partial charge in [-0.3, -0.25) is 4.79 Å². The summed E-state index contributed by atoms with van der Waals surface area (Å²) in [5, 5.41) is 11.9. The maximum Gasteiger partial charge on any atom is 0.310 e. The zero-order valence-electron chi connectivity index (χ0n) is 15.8. The van der Waals surface area contributed by atoms with Gasteiger partial charge in [0.15, 0.2) is 11.8 Å². The summed E-state index contributed by atoms with van der Waals surface area (Å²) in [7, 11) is 1.45. The molecule has 3 heterocycles. The molecule has 1 fully saturated rings. The zero-order valence-corrected chi connectivity index (χ0v) is 18.1. The Balaban J connectivity index is 0.00000243. The predicted octanol–water partition coefficient (Wildman–Crippen LogP) is 1.44. The molecule has 0 radical (unpaired) electrons. The number of carbonyl (C=O) groups excluding carboxylic acids is 1. The van der Waals surface area contributed by atoms with Gasteiger partial charge >= 0.3 is 5.97 Å². The molecule has 3 rings (SSSR count). The van der Waals surface area contributed by atoms with Gasteiger partial charge in [0.1, 0.15) is 12.4 Å². The molecule has 1 aromatic rings. The lowest BCUT2D eigenvalue weighted by molar-refractivity contribution is -0.145. The number of guanidine groups is 1. The lowest BCUT2D eigenvalue weighted by Gasteiger charge is -2.21. The van der Waals surface area contributed by atoms with E-state index in [0.717, 1.165) is 43.7 Å². The highest BCUT2D eigenvalue weighted by atomic mass is 127. The van der Waals surface area contributed by atoms with E-state index in [1.54, 1.807) is 0 Å². The topological polar surface area (TPSA) is 84.6 Å². The molecule has 2 unspecified atom stereocenters. The van der Waals surface area contributed by atoms with Gasteiger partial charge < -0.3 is 19.5 Å². The number of aliphatic imine (C=N–C) groups is 1. The summed E-state index contributed by atoms with van der Waals surface area (Å²) in [5.41, 5.74) is 0. The molecule has 146 valence electrons. The van der Waals surface area contributed by atoms with Crippen LogP contribution in [-0.4, -0.2) is 58.3 Å². The van der Waals surface area contributed by atoms with Crippen molar-refractivity contribution in [2.45, 2.75) is 46.2 Å². The van der Waals surface area contributed by atoms with Crippen LogP contribution in [0.5, 0.6) is 0 Å². The summed E-state index contributed by atoms with van der Waals surface area (Å²) >= 11 is 0. The van der Waals surface area contributed by atoms with Crippen LogP contribution in [-0.2, 0) is 29.0 Å². The maximum atomic E-state index is 11.9. The number of hydrogen-bond acceptors (Lipinski definition) is 5. The van der Waals surface area contributed by atoms with E-state index in [1.165, 1.54) is 20.0 Å². The van der Waals surface area contributed by atoms with Gasteiger partial charge in [0.2, 0.25) is 0 Å². The standard InChI is InChI=1S/C17H28N6O2.HI/c1-4-18-17(22-10-12(2)13(11-22)16(24)25-3)19-9-15-21-20-14-7-5-6-8-23(14)15;/h12-13H,4-11H2,1-3H3,(H,18,19);1H. The van der Waals surface area contributed by atoms with Gasteiger partial charge in [0.25, 0.3) is 0 Å². The van der Waals surface area contributed by atoms with Crippen molar-refractivity contribution in [3.8, 4) is 0 Å². The first-order chi connectivity index (χ1) is 12.1. The van der Waals surface area contributed by atoms with Crippen LogP contribution in [0.3, 0.4) is 0 Å². The molecule has 8 nitrogen and oxygen atoms in total. The van der Waals surface area contributed by atoms with Crippen molar-refractivity contribution >= 4 is 35.9 Å². The third-order valence-electron chi connectivity index (χ3n) is 5.06. The maximum absolute atomic E-state index is 11.9. The van der Waals surface area contributed by atoms with Crippen molar-refractivity contribution in [2.24, 2.45) is 16.8 Å². The molecule has 0 aliphatic carbocycles. The molecule has 0 aromatic carbocycles. The van der Waals surface area contributed by atoms with Crippen LogP contribution in [0.1, 0.15) is 38.3 Å². The molecule has 0 bridgehead atoms. The largest absolute Gasteiger partial charge is 0.469 e. The van der Waals surface area contributed by atoms with Crippen molar-refractivity contribution in [1.82, 2.24) is 25.0 Å². The fraction of sp³-hybridized carbons (Fsp3) is 0.765. The molecule has 0 saturated carbocycles. The normalized spacial score (nSPS) is 22.6. The molecule has 2 aliphatic heterocycles. The number of ether oxygens (including phenoxy) is 1. The second-order valence-electron chi connectivity index (χ2n) is 6.82. The lowest BCUT2D eigenvalue weighted by atomic mass is 9.99. The first kappa shape index (κ1) is 20.9. The van der Waals surface area contributed by atoms with Gasteiger partial charge in [0, 0.05) is 32.6 Å². The predicted molar refractivity (Wildman–Crippen MR) is 109 cm³/mol. The van der Waals surface area contributed by atoms with E-state index in [1.807, 2.05) is 6.92 Å². The average molecular weight is 476 g/mol. The number of rotatable bonds is 4. The third kappa shape index (κ3) is 4.47. The van der Waals surface area contributed by atoms with Gasteiger partial charge in [-0.2, -0.15) is 0 Å². The van der Waals surface area contributed by atoms with Crippen LogP contribution in [0.4, 0.5) is 0 Å². The quantitative estimate of drug-likeness (QED) is 0.307. The number of fused-ring (bicyclic) bond motifs is 1. The Bertz CT molecular complexity index is 647. The number of hydrogen-bond donors (Lipinski definition) is 1. The average Bonchev–Trinajstić information content (AvgIpc) is 3.21. The van der Waals surface area contributed by atoms with Crippen molar-refractivity contribution in [3.63, 3.8) is 0 Å². The molecule has 1 N–H and O–H groups in total. The van der Waals surface area contributed by atoms with Crippen LogP contribution in [0, 0.1) is 11.8 Å². The van der Waals surface area contributed by atoms with Crippen LogP contribution in [0.25, 0.3) is 0 Å². The van der Waals surface area contributed by atoms with Crippen LogP contribution < -0.4 is 5.32 Å². The number of likely N-dealkylation sites (tertiary alicyclic amines) is 1. The number of esters is 1. The SMILES string of the molecule is CCNC(=NCc1nnc2n1CCCC2)N1CC(C)C(C(=O)OC)C1.I. The fourth-order valence-electron chi connectivity index (χ4n) is 3.65. The number of aryl methyl sites for hydroxylation is 1. The highest BCUT2D eigenvalue weighted by Gasteiger charge is 2.36. The van der Waals surface area contributed by atoms with Crippen molar-refractivity contribution in [3.05, 3.63) is 11.6 Å². The Hall–Kier alpha value is -1.39. The zero-order chi connectivity index (χ0) is 17.8. The van der Waals surface area contributed by atoms with Crippen molar-refractivity contribution in [1.29, 1.82) is 0 Å². The number of nitrogens with one attached hydrogen (secondary N) is 1. The van der Waals surface area contributed by atoms with E-state index in [4.69, 9.17) is 9.73 Å². The second kappa shape index (κ2) is 9.52. The summed E-state index contributed by atoms with van der Waals surface area (Å²) in [6.07, 6.45) is 3.36. The molecule has 9 heteroatoms. The molecule has 0 spiro atoms. The van der Waals surface area contributed by atoms with Gasteiger partial charge in [0.05, 0.1) is 13.0 Å². The first-order valence-corrected chi connectivity index (χ1v) is 9.16. The Morgan fingerprint density at radius 1 is 1.35 bits per heavy atom. The van der Waals surface area contributed by atoms with E-state index in [9.17, 15) is 4.79 Å². The number of aromatic nitrogens is 3. The smallest absolute Gasteiger partial charge is 0.310 e. The highest BCUT2D eigenvalue weighted by molar-refractivity contribution is 14.0. The van der Waals surface area contributed by atoms with Crippen molar-refractivity contribution < 1.29 is 9.53 Å². The summed E-state index contributed by atoms with van der Waals surface area (Å²) in [4.78, 5) is 18.8. The summed E-state index contributed by atoms with van der Waals surface area (Å²) in [5.74, 6) is 2.82. The van der Waals surface area contributed by atoms with Crippen molar-refractivity contribution in [2.75, 3.05) is 26.7 Å². The van der Waals surface area contributed by atoms with E-state index < -0.39 is 0 Å². The Labute approximate surface area is 171 Å². The second-order valence-corrected chi connectivity index (χ2v) is 6.82. The van der Waals surface area contributed by atoms with E-state index in [0.29, 0.717) is 13.1 Å². The van der Waals surface area contributed by atoms with Gasteiger partial charge in [-0.1, -0.05) is 6.92 Å². The monoisotopic (exact) mass is 476 g/mol. The summed E-state index contributed by atoms with van der Waals surface area (Å²) in [6.45, 7) is 7.83. The minimum atomic E-state index is -0.141. The first-order valence-electron chi connectivity index (χ1n) is 9.16. The number of methoxy groups -OCH3 is 1. The summed E-state index contributed by atoms with van der Waals surface area (Å²) in [6, 6.07) is 0. The van der Waals surface area contributed by atoms with Crippen LogP contribution >= 0.6 is 24.0 Å². The Morgan fingerprint density at radius 3 is 2.88 bits per heavy atom. The minimum absolute atomic E-state index is 0. The van der Waals surface area contributed by atoms with Gasteiger partial charge in [-0.15, -0.1) is 34.2 Å². The van der Waals surface area contributed by atoms with E-state index in [-0.39, 0.29) is 41.8 Å². The lowest BCUT2D eigenvalue weighted by Crippen LogP contribution is -2.40. The molecule has 26 heavy (non-hydrogen) atoms. The fourth-order valence-corrected chi connectivity index (χ4v) is 3.65. The van der Waals surface area contributed by atoms with E-state index in [2.05, 4.69) is 31.9 Å². The Kier molecular flexibility index (Phi) is 7.66. The molecule has 1 saturated heterocycles. The van der Waals surface area contributed by atoms with E-state index >= 15 is 0 Å². The van der Waals surface area contributed by atoms with Crippen LogP contribution in [0.15, 0.2) is 4.99 Å². The Morgan fingerprint density at radius 2 is 2.15 bits per heavy atom. The molecular formula is C17H29IN6O2. The summed E-state index contributed by atoms with van der Waals surface area (Å²) < 4.78 is 7.12. The molecular weight excluding hydrogens is 447 g/mol. The third-order valence-corrected chi connectivity index (χ3v) is 5.06. The number of nitrogens with zero attached hydrogens (tertiary/aromatic N) is 5. The molecule has 0 amide bonds. The molecule has 2 aliphatic rings. The molecule has 1 aromatic heterocycles. The number of halogens is 1. The van der Waals surface area contributed by atoms with Gasteiger partial charge in [-0.25, -0.2) is 4.99 Å².